The Hall–Kier alpha value is -0.130. The normalized spacial score (nSPS) is 11.9. The van der Waals surface area contributed by atoms with Crippen molar-refractivity contribution in [1.82, 2.24) is 5.32 Å². The molecule has 0 aliphatic heterocycles. The van der Waals surface area contributed by atoms with Crippen molar-refractivity contribution >= 4 is 9.84 Å². The largest absolute Gasteiger partial charge is 0.385 e. The lowest BCUT2D eigenvalue weighted by atomic mass is 10.2. The Kier molecular flexibility index (Phi) is 9.04. The lowest BCUT2D eigenvalue weighted by molar-refractivity contribution is 0.192. The predicted molar refractivity (Wildman–Crippen MR) is 62.9 cm³/mol. The number of sulfone groups is 1. The molecule has 0 aliphatic carbocycles. The highest BCUT2D eigenvalue weighted by Crippen LogP contribution is 1.94. The van der Waals surface area contributed by atoms with Crippen LogP contribution in [0.4, 0.5) is 0 Å². The van der Waals surface area contributed by atoms with E-state index in [1.54, 1.807) is 14.0 Å². The van der Waals surface area contributed by atoms with E-state index in [2.05, 4.69) is 5.32 Å². The minimum absolute atomic E-state index is 0.239. The summed E-state index contributed by atoms with van der Waals surface area (Å²) in [6.45, 7) is 3.95. The first-order valence-electron chi connectivity index (χ1n) is 5.52. The fourth-order valence-electron chi connectivity index (χ4n) is 1.17. The maximum atomic E-state index is 11.1. The highest BCUT2D eigenvalue weighted by Gasteiger charge is 2.05. The second-order valence-corrected chi connectivity index (χ2v) is 6.01. The van der Waals surface area contributed by atoms with E-state index >= 15 is 0 Å². The summed E-state index contributed by atoms with van der Waals surface area (Å²) >= 11 is 0. The van der Waals surface area contributed by atoms with Crippen LogP contribution in [0.15, 0.2) is 0 Å². The van der Waals surface area contributed by atoms with E-state index in [1.807, 2.05) is 0 Å². The molecule has 0 rings (SSSR count). The molecule has 0 amide bonds. The van der Waals surface area contributed by atoms with Crippen LogP contribution < -0.4 is 5.32 Å². The molecule has 0 radical (unpaired) electrons. The summed E-state index contributed by atoms with van der Waals surface area (Å²) in [7, 11) is -1.10. The molecule has 1 N–H and O–H groups in total. The molecule has 0 aromatic heterocycles. The van der Waals surface area contributed by atoms with Crippen molar-refractivity contribution in [1.29, 1.82) is 0 Å². The Labute approximate surface area is 93.3 Å². The van der Waals surface area contributed by atoms with Crippen LogP contribution in [-0.4, -0.2) is 46.7 Å². The van der Waals surface area contributed by atoms with Crippen LogP contribution in [0.25, 0.3) is 0 Å². The molecular weight excluding hydrogens is 214 g/mol. The average molecular weight is 237 g/mol. The summed E-state index contributed by atoms with van der Waals surface area (Å²) in [5.41, 5.74) is 0. The van der Waals surface area contributed by atoms with Gasteiger partial charge in [-0.1, -0.05) is 6.92 Å². The molecule has 0 unspecified atom stereocenters. The Bertz CT molecular complexity index is 227. The van der Waals surface area contributed by atoms with E-state index in [0.29, 0.717) is 6.54 Å². The van der Waals surface area contributed by atoms with Gasteiger partial charge in [0, 0.05) is 26.0 Å². The Balaban J connectivity index is 3.19. The molecule has 0 bridgehead atoms. The van der Waals surface area contributed by atoms with Crippen LogP contribution in [0.2, 0.25) is 0 Å². The molecule has 4 nitrogen and oxygen atoms in total. The van der Waals surface area contributed by atoms with Crippen LogP contribution >= 0.6 is 0 Å². The van der Waals surface area contributed by atoms with Gasteiger partial charge in [-0.3, -0.25) is 0 Å². The quantitative estimate of drug-likeness (QED) is 0.572. The fourth-order valence-corrected chi connectivity index (χ4v) is 1.91. The molecule has 92 valence electrons. The zero-order chi connectivity index (χ0) is 11.6. The van der Waals surface area contributed by atoms with Crippen LogP contribution in [0.1, 0.15) is 26.2 Å². The lowest BCUT2D eigenvalue weighted by Crippen LogP contribution is -2.24. The summed E-state index contributed by atoms with van der Waals surface area (Å²) < 4.78 is 27.2. The smallest absolute Gasteiger partial charge is 0.151 e. The number of nitrogens with one attached hydrogen (secondary N) is 1. The molecule has 0 aromatic carbocycles. The molecular formula is C10H23NO3S. The third-order valence-electron chi connectivity index (χ3n) is 2.23. The number of hydrogen-bond donors (Lipinski definition) is 1. The van der Waals surface area contributed by atoms with Gasteiger partial charge in [0.2, 0.25) is 0 Å². The van der Waals surface area contributed by atoms with Crippen LogP contribution in [0, 0.1) is 0 Å². The molecule has 0 aliphatic rings. The van der Waals surface area contributed by atoms with Gasteiger partial charge in [-0.2, -0.15) is 0 Å². The van der Waals surface area contributed by atoms with Gasteiger partial charge in [0.05, 0.1) is 5.75 Å². The van der Waals surface area contributed by atoms with Crippen LogP contribution in [0.5, 0.6) is 0 Å². The summed E-state index contributed by atoms with van der Waals surface area (Å²) in [5.74, 6) is 0.490. The Morgan fingerprint density at radius 3 is 2.47 bits per heavy atom. The van der Waals surface area contributed by atoms with Crippen LogP contribution in [-0.2, 0) is 14.6 Å². The van der Waals surface area contributed by atoms with Crippen molar-refractivity contribution < 1.29 is 13.2 Å². The molecule has 15 heavy (non-hydrogen) atoms. The number of ether oxygens (including phenoxy) is 1. The number of unbranched alkanes of at least 4 members (excludes halogenated alkanes) is 2. The number of hydrogen-bond acceptors (Lipinski definition) is 4. The first kappa shape index (κ1) is 14.9. The Morgan fingerprint density at radius 2 is 1.87 bits per heavy atom. The summed E-state index contributed by atoms with van der Waals surface area (Å²) in [6.07, 6.45) is 3.28. The van der Waals surface area contributed by atoms with E-state index in [-0.39, 0.29) is 11.5 Å². The summed E-state index contributed by atoms with van der Waals surface area (Å²) in [5, 5.41) is 3.13. The molecule has 0 atom stereocenters. The second-order valence-electron chi connectivity index (χ2n) is 3.54. The first-order chi connectivity index (χ1) is 7.12. The third-order valence-corrected chi connectivity index (χ3v) is 3.94. The van der Waals surface area contributed by atoms with E-state index < -0.39 is 9.84 Å². The molecule has 0 saturated carbocycles. The standard InChI is InChI=1S/C10H23NO3S/c1-3-15(12,13)10-8-11-7-5-4-6-9-14-2/h11H,3-10H2,1-2H3. The van der Waals surface area contributed by atoms with Gasteiger partial charge in [-0.15, -0.1) is 0 Å². The highest BCUT2D eigenvalue weighted by molar-refractivity contribution is 7.91. The SMILES string of the molecule is CCS(=O)(=O)CCNCCCCCOC. The molecule has 0 fully saturated rings. The van der Waals surface area contributed by atoms with E-state index in [9.17, 15) is 8.42 Å². The minimum atomic E-state index is -2.80. The van der Waals surface area contributed by atoms with Gasteiger partial charge >= 0.3 is 0 Å². The maximum Gasteiger partial charge on any atom is 0.151 e. The zero-order valence-corrected chi connectivity index (χ0v) is 10.6. The number of methoxy groups -OCH3 is 1. The fraction of sp³-hybridized carbons (Fsp3) is 1.00. The first-order valence-corrected chi connectivity index (χ1v) is 7.34. The monoisotopic (exact) mass is 237 g/mol. The average Bonchev–Trinajstić information content (AvgIpc) is 2.22. The minimum Gasteiger partial charge on any atom is -0.385 e. The van der Waals surface area contributed by atoms with Crippen molar-refractivity contribution in [3.63, 3.8) is 0 Å². The molecule has 0 saturated heterocycles. The predicted octanol–water partition coefficient (Wildman–Crippen LogP) is 0.827. The van der Waals surface area contributed by atoms with Crippen LogP contribution in [0.3, 0.4) is 0 Å². The van der Waals surface area contributed by atoms with Crippen molar-refractivity contribution in [2.75, 3.05) is 38.3 Å². The van der Waals surface area contributed by atoms with E-state index in [0.717, 1.165) is 32.4 Å². The van der Waals surface area contributed by atoms with Crippen molar-refractivity contribution in [3.05, 3.63) is 0 Å². The van der Waals surface area contributed by atoms with Crippen molar-refractivity contribution in [3.8, 4) is 0 Å². The topological polar surface area (TPSA) is 55.4 Å². The van der Waals surface area contributed by atoms with Crippen molar-refractivity contribution in [2.24, 2.45) is 0 Å². The molecule has 5 heteroatoms. The van der Waals surface area contributed by atoms with Gasteiger partial charge in [-0.25, -0.2) is 8.42 Å². The zero-order valence-electron chi connectivity index (χ0n) is 9.79. The van der Waals surface area contributed by atoms with Gasteiger partial charge in [-0.05, 0) is 25.8 Å². The molecule has 0 aromatic rings. The van der Waals surface area contributed by atoms with Gasteiger partial charge in [0.1, 0.15) is 0 Å². The van der Waals surface area contributed by atoms with E-state index in [4.69, 9.17) is 4.74 Å². The number of rotatable bonds is 10. The lowest BCUT2D eigenvalue weighted by Gasteiger charge is -2.04. The third kappa shape index (κ3) is 10.2. The Morgan fingerprint density at radius 1 is 1.13 bits per heavy atom. The summed E-state index contributed by atoms with van der Waals surface area (Å²) in [4.78, 5) is 0. The molecule has 0 spiro atoms. The van der Waals surface area contributed by atoms with Gasteiger partial charge in [0.25, 0.3) is 0 Å². The summed E-state index contributed by atoms with van der Waals surface area (Å²) in [6, 6.07) is 0. The van der Waals surface area contributed by atoms with E-state index in [1.165, 1.54) is 0 Å². The maximum absolute atomic E-state index is 11.1. The second kappa shape index (κ2) is 9.12. The van der Waals surface area contributed by atoms with Gasteiger partial charge in [0.15, 0.2) is 9.84 Å². The highest BCUT2D eigenvalue weighted by atomic mass is 32.2. The molecule has 0 heterocycles. The van der Waals surface area contributed by atoms with Gasteiger partial charge < -0.3 is 10.1 Å². The van der Waals surface area contributed by atoms with Crippen molar-refractivity contribution in [2.45, 2.75) is 26.2 Å².